The Kier molecular flexibility index (Phi) is 6.07. The van der Waals surface area contributed by atoms with Crippen molar-refractivity contribution in [1.29, 1.82) is 0 Å². The highest BCUT2D eigenvalue weighted by atomic mass is 16.6. The highest BCUT2D eigenvalue weighted by Gasteiger charge is 2.14. The Morgan fingerprint density at radius 2 is 1.08 bits per heavy atom. The molecule has 8 nitrogen and oxygen atoms in total. The van der Waals surface area contributed by atoms with Crippen LogP contribution in [-0.2, 0) is 0 Å². The largest absolute Gasteiger partial charge is 0.487 e. The lowest BCUT2D eigenvalue weighted by atomic mass is 10.3. The van der Waals surface area contributed by atoms with Gasteiger partial charge < -0.3 is 9.47 Å². The molecule has 0 saturated heterocycles. The Labute approximate surface area is 137 Å². The Morgan fingerprint density at radius 3 is 1.46 bits per heavy atom. The molecular formula is C16H16N2O6. The first-order chi connectivity index (χ1) is 11.6. The van der Waals surface area contributed by atoms with E-state index < -0.39 is 9.85 Å². The Balaban J connectivity index is 1.75. The van der Waals surface area contributed by atoms with E-state index in [0.29, 0.717) is 26.1 Å². The average molecular weight is 332 g/mol. The van der Waals surface area contributed by atoms with Crippen LogP contribution < -0.4 is 9.47 Å². The molecule has 2 rings (SSSR count). The zero-order valence-corrected chi connectivity index (χ0v) is 12.8. The normalized spacial score (nSPS) is 10.2. The molecule has 0 amide bonds. The van der Waals surface area contributed by atoms with Crippen LogP contribution in [0, 0.1) is 20.2 Å². The molecule has 0 radical (unpaired) electrons. The molecule has 2 aromatic carbocycles. The molecule has 2 aromatic rings. The van der Waals surface area contributed by atoms with Gasteiger partial charge in [-0.3, -0.25) is 20.2 Å². The maximum absolute atomic E-state index is 10.9. The zero-order valence-electron chi connectivity index (χ0n) is 12.8. The third-order valence-corrected chi connectivity index (χ3v) is 3.18. The standard InChI is InChI=1S/C16H16N2O6/c19-17(20)13-7-1-3-9-15(13)23-11-5-6-12-24-16-10-4-2-8-14(16)18(21)22/h1-4,7-10H,5-6,11-12H2. The van der Waals surface area contributed by atoms with E-state index in [1.807, 2.05) is 0 Å². The van der Waals surface area contributed by atoms with Gasteiger partial charge in [0.05, 0.1) is 23.1 Å². The predicted molar refractivity (Wildman–Crippen MR) is 86.4 cm³/mol. The molecule has 0 unspecified atom stereocenters. The van der Waals surface area contributed by atoms with Crippen molar-refractivity contribution in [3.05, 3.63) is 68.8 Å². The lowest BCUT2D eigenvalue weighted by Crippen LogP contribution is -2.04. The monoisotopic (exact) mass is 332 g/mol. The van der Waals surface area contributed by atoms with Gasteiger partial charge in [0.25, 0.3) is 0 Å². The van der Waals surface area contributed by atoms with Gasteiger partial charge in [-0.15, -0.1) is 0 Å². The molecule has 0 N–H and O–H groups in total. The second kappa shape index (κ2) is 8.47. The van der Waals surface area contributed by atoms with E-state index in [2.05, 4.69) is 0 Å². The second-order valence-corrected chi connectivity index (χ2v) is 4.85. The first kappa shape index (κ1) is 17.2. The van der Waals surface area contributed by atoms with Crippen molar-refractivity contribution >= 4 is 11.4 Å². The molecule has 0 spiro atoms. The lowest BCUT2D eigenvalue weighted by Gasteiger charge is -2.08. The van der Waals surface area contributed by atoms with Crippen LogP contribution >= 0.6 is 0 Å². The van der Waals surface area contributed by atoms with Crippen LogP contribution in [-0.4, -0.2) is 23.1 Å². The highest BCUT2D eigenvalue weighted by molar-refractivity contribution is 5.46. The van der Waals surface area contributed by atoms with E-state index in [0.717, 1.165) is 0 Å². The minimum absolute atomic E-state index is 0.0753. The smallest absolute Gasteiger partial charge is 0.310 e. The summed E-state index contributed by atoms with van der Waals surface area (Å²) in [5.74, 6) is 0.448. The van der Waals surface area contributed by atoms with Gasteiger partial charge in [-0.2, -0.15) is 0 Å². The van der Waals surface area contributed by atoms with Crippen molar-refractivity contribution in [2.24, 2.45) is 0 Å². The number of rotatable bonds is 9. The molecule has 0 aliphatic carbocycles. The summed E-state index contributed by atoms with van der Waals surface area (Å²) in [6.07, 6.45) is 1.21. The number of hydrogen-bond acceptors (Lipinski definition) is 6. The van der Waals surface area contributed by atoms with Crippen molar-refractivity contribution in [3.8, 4) is 11.5 Å². The van der Waals surface area contributed by atoms with Crippen LogP contribution in [0.5, 0.6) is 11.5 Å². The quantitative estimate of drug-likeness (QED) is 0.393. The minimum Gasteiger partial charge on any atom is -0.487 e. The van der Waals surface area contributed by atoms with Crippen LogP contribution in [0.2, 0.25) is 0 Å². The fourth-order valence-electron chi connectivity index (χ4n) is 2.03. The number of ether oxygens (including phenoxy) is 2. The van der Waals surface area contributed by atoms with Crippen LogP contribution in [0.25, 0.3) is 0 Å². The summed E-state index contributed by atoms with van der Waals surface area (Å²) in [4.78, 5) is 20.7. The molecule has 0 aromatic heterocycles. The molecule has 126 valence electrons. The van der Waals surface area contributed by atoms with Gasteiger partial charge in [0, 0.05) is 12.1 Å². The van der Waals surface area contributed by atoms with Gasteiger partial charge in [-0.05, 0) is 25.0 Å². The fourth-order valence-corrected chi connectivity index (χ4v) is 2.03. The maximum Gasteiger partial charge on any atom is 0.310 e. The number of unbranched alkanes of at least 4 members (excludes halogenated alkanes) is 1. The molecule has 0 bridgehead atoms. The van der Waals surface area contributed by atoms with E-state index in [4.69, 9.17) is 9.47 Å². The van der Waals surface area contributed by atoms with Crippen molar-refractivity contribution in [2.75, 3.05) is 13.2 Å². The van der Waals surface area contributed by atoms with Gasteiger partial charge in [-0.25, -0.2) is 0 Å². The van der Waals surface area contributed by atoms with Gasteiger partial charge in [-0.1, -0.05) is 24.3 Å². The summed E-state index contributed by atoms with van der Waals surface area (Å²) < 4.78 is 10.8. The van der Waals surface area contributed by atoms with Crippen molar-refractivity contribution in [3.63, 3.8) is 0 Å². The van der Waals surface area contributed by atoms with Crippen LogP contribution in [0.15, 0.2) is 48.5 Å². The molecular weight excluding hydrogens is 316 g/mol. The van der Waals surface area contributed by atoms with E-state index in [-0.39, 0.29) is 22.9 Å². The Bertz CT molecular complexity index is 658. The number of nitrogens with zero attached hydrogens (tertiary/aromatic N) is 2. The van der Waals surface area contributed by atoms with Gasteiger partial charge in [0.2, 0.25) is 0 Å². The molecule has 24 heavy (non-hydrogen) atoms. The zero-order chi connectivity index (χ0) is 17.4. The molecule has 0 atom stereocenters. The molecule has 0 heterocycles. The highest BCUT2D eigenvalue weighted by Crippen LogP contribution is 2.27. The molecule has 0 aliphatic rings. The number of benzene rings is 2. The molecule has 8 heteroatoms. The van der Waals surface area contributed by atoms with Gasteiger partial charge >= 0.3 is 11.4 Å². The molecule has 0 fully saturated rings. The summed E-state index contributed by atoms with van der Waals surface area (Å²) >= 11 is 0. The first-order valence-electron chi connectivity index (χ1n) is 7.32. The SMILES string of the molecule is O=[N+]([O-])c1ccccc1OCCCCOc1ccccc1[N+](=O)[O-]. The van der Waals surface area contributed by atoms with E-state index in [1.165, 1.54) is 12.1 Å². The van der Waals surface area contributed by atoms with Gasteiger partial charge in [0.15, 0.2) is 11.5 Å². The summed E-state index contributed by atoms with van der Waals surface area (Å²) in [5.41, 5.74) is -0.151. The number of para-hydroxylation sites is 4. The Morgan fingerprint density at radius 1 is 0.708 bits per heavy atom. The van der Waals surface area contributed by atoms with Crippen molar-refractivity contribution in [1.82, 2.24) is 0 Å². The summed E-state index contributed by atoms with van der Waals surface area (Å²) in [5, 5.41) is 21.7. The number of nitro groups is 2. The van der Waals surface area contributed by atoms with E-state index in [9.17, 15) is 20.2 Å². The molecule has 0 aliphatic heterocycles. The van der Waals surface area contributed by atoms with Gasteiger partial charge in [0.1, 0.15) is 0 Å². The molecule has 0 saturated carbocycles. The second-order valence-electron chi connectivity index (χ2n) is 4.85. The lowest BCUT2D eigenvalue weighted by molar-refractivity contribution is -0.386. The summed E-state index contributed by atoms with van der Waals surface area (Å²) in [6, 6.07) is 12.3. The van der Waals surface area contributed by atoms with Crippen molar-refractivity contribution < 1.29 is 19.3 Å². The third-order valence-electron chi connectivity index (χ3n) is 3.18. The van der Waals surface area contributed by atoms with Crippen molar-refractivity contribution in [2.45, 2.75) is 12.8 Å². The first-order valence-corrected chi connectivity index (χ1v) is 7.32. The maximum atomic E-state index is 10.9. The average Bonchev–Trinajstić information content (AvgIpc) is 2.58. The van der Waals surface area contributed by atoms with Crippen LogP contribution in [0.1, 0.15) is 12.8 Å². The predicted octanol–water partition coefficient (Wildman–Crippen LogP) is 3.74. The number of hydrogen-bond donors (Lipinski definition) is 0. The van der Waals surface area contributed by atoms with Crippen LogP contribution in [0.4, 0.5) is 11.4 Å². The topological polar surface area (TPSA) is 105 Å². The van der Waals surface area contributed by atoms with E-state index >= 15 is 0 Å². The Hall–Kier alpha value is -3.16. The van der Waals surface area contributed by atoms with Crippen LogP contribution in [0.3, 0.4) is 0 Å². The minimum atomic E-state index is -0.493. The number of nitro benzene ring substituents is 2. The third kappa shape index (κ3) is 4.67. The summed E-state index contributed by atoms with van der Waals surface area (Å²) in [7, 11) is 0. The van der Waals surface area contributed by atoms with E-state index in [1.54, 1.807) is 36.4 Å². The summed E-state index contributed by atoms with van der Waals surface area (Å²) in [6.45, 7) is 0.593. The fraction of sp³-hybridized carbons (Fsp3) is 0.250.